The molecule has 0 spiro atoms. The van der Waals surface area contributed by atoms with Crippen molar-refractivity contribution in [2.24, 2.45) is 0 Å². The molecule has 0 aliphatic rings. The summed E-state index contributed by atoms with van der Waals surface area (Å²) in [6.07, 6.45) is -3.99. The lowest BCUT2D eigenvalue weighted by Crippen LogP contribution is -2.14. The van der Waals surface area contributed by atoms with Crippen LogP contribution in [0.1, 0.15) is 5.82 Å². The molecule has 0 amide bonds. The minimum absolute atomic E-state index is 0.0423. The number of alkyl halides is 3. The van der Waals surface area contributed by atoms with Gasteiger partial charge in [-0.2, -0.15) is 21.6 Å². The molecule has 0 radical (unpaired) electrons. The normalized spacial score (nSPS) is 12.6. The fourth-order valence-electron chi connectivity index (χ4n) is 3.40. The molecule has 4 rings (SSSR count). The van der Waals surface area contributed by atoms with E-state index in [1.807, 2.05) is 0 Å². The summed E-state index contributed by atoms with van der Waals surface area (Å²) < 4.78 is 98.1. The number of rotatable bonds is 5. The third-order valence-corrected chi connectivity index (χ3v) is 8.34. The highest BCUT2D eigenvalue weighted by molar-refractivity contribution is 7.90. The van der Waals surface area contributed by atoms with Crippen LogP contribution < -0.4 is 0 Å². The first-order chi connectivity index (χ1) is 16.3. The summed E-state index contributed by atoms with van der Waals surface area (Å²) in [5.74, 6) is -1.53. The molecule has 0 saturated carbocycles. The van der Waals surface area contributed by atoms with Crippen LogP contribution in [-0.4, -0.2) is 37.6 Å². The summed E-state index contributed by atoms with van der Waals surface area (Å²) in [5.41, 5.74) is -0.164. The van der Waals surface area contributed by atoms with Gasteiger partial charge in [0.05, 0.1) is 16.3 Å². The van der Waals surface area contributed by atoms with E-state index in [4.69, 9.17) is 0 Å². The number of nitrogens with zero attached hydrogens (tertiary/aromatic N) is 2. The van der Waals surface area contributed by atoms with Crippen LogP contribution in [0.4, 0.5) is 13.2 Å². The monoisotopic (exact) mass is 540 g/mol. The van der Waals surface area contributed by atoms with Gasteiger partial charge in [0.1, 0.15) is 0 Å². The minimum atomic E-state index is -4.99. The lowest BCUT2D eigenvalue weighted by Gasteiger charge is -2.17. The van der Waals surface area contributed by atoms with Gasteiger partial charge in [-0.05, 0) is 29.1 Å². The average molecular weight is 541 g/mol. The maximum absolute atomic E-state index is 13.8. The summed E-state index contributed by atoms with van der Waals surface area (Å²) >= 11 is 0.629. The van der Waals surface area contributed by atoms with Gasteiger partial charge in [-0.15, -0.1) is 11.3 Å². The van der Waals surface area contributed by atoms with Gasteiger partial charge in [0.2, 0.25) is 5.82 Å². The Kier molecular flexibility index (Phi) is 6.30. The van der Waals surface area contributed by atoms with Crippen LogP contribution in [0, 0.1) is 0 Å². The van der Waals surface area contributed by atoms with Crippen LogP contribution in [0.5, 0.6) is 0 Å². The lowest BCUT2D eigenvalue weighted by molar-refractivity contribution is -0.144. The van der Waals surface area contributed by atoms with E-state index in [0.717, 1.165) is 6.26 Å². The molecule has 4 aromatic rings. The molecular weight excluding hydrogens is 525 g/mol. The molecule has 2 aromatic carbocycles. The number of sulfone groups is 1. The first kappa shape index (κ1) is 25.0. The number of hydrogen-bond donors (Lipinski definition) is 1. The summed E-state index contributed by atoms with van der Waals surface area (Å²) in [5, 5.41) is 1.31. The molecule has 13 heteroatoms. The average Bonchev–Trinajstić information content (AvgIpc) is 3.28. The summed E-state index contributed by atoms with van der Waals surface area (Å²) in [7, 11) is -8.34. The van der Waals surface area contributed by atoms with Crippen molar-refractivity contribution in [1.82, 2.24) is 9.97 Å². The highest BCUT2D eigenvalue weighted by Gasteiger charge is 2.37. The number of aromatic nitrogens is 2. The van der Waals surface area contributed by atoms with Crippen LogP contribution >= 0.6 is 11.3 Å². The topological polar surface area (TPSA) is 114 Å². The molecule has 0 bridgehead atoms. The largest absolute Gasteiger partial charge is 0.451 e. The molecule has 0 unspecified atom stereocenters. The standard InChI is InChI=1S/C22H15F3N2O5S3/c1-34(28,29)15-9-7-14(8-10-15)18-17(13-5-3-2-4-6-13)19(27-21(26-18)22(23,24)25)16-11-12-33-20(16)35(30,31)32/h2-12H,1H3,(H,30,31,32). The number of hydrogen-bond acceptors (Lipinski definition) is 7. The zero-order valence-electron chi connectivity index (χ0n) is 17.7. The van der Waals surface area contributed by atoms with Crippen molar-refractivity contribution < 1.29 is 34.6 Å². The third-order valence-electron chi connectivity index (χ3n) is 4.90. The van der Waals surface area contributed by atoms with Crippen LogP contribution in [0.15, 0.2) is 75.1 Å². The quantitative estimate of drug-likeness (QED) is 0.346. The smallest absolute Gasteiger partial charge is 0.281 e. The first-order valence-electron chi connectivity index (χ1n) is 9.67. The molecular formula is C22H15F3N2O5S3. The maximum Gasteiger partial charge on any atom is 0.451 e. The van der Waals surface area contributed by atoms with Gasteiger partial charge in [0.25, 0.3) is 0 Å². The Labute approximate surface area is 202 Å². The van der Waals surface area contributed by atoms with Crippen LogP contribution in [0.3, 0.4) is 0 Å². The second-order valence-electron chi connectivity index (χ2n) is 7.38. The van der Waals surface area contributed by atoms with Gasteiger partial charge in [0.15, 0.2) is 14.0 Å². The van der Waals surface area contributed by atoms with Crippen molar-refractivity contribution in [3.63, 3.8) is 0 Å². The third kappa shape index (κ3) is 5.12. The zero-order valence-corrected chi connectivity index (χ0v) is 20.1. The van der Waals surface area contributed by atoms with Gasteiger partial charge < -0.3 is 0 Å². The van der Waals surface area contributed by atoms with Crippen molar-refractivity contribution in [2.45, 2.75) is 15.3 Å². The molecule has 0 fully saturated rings. The Morgan fingerprint density at radius 1 is 0.829 bits per heavy atom. The van der Waals surface area contributed by atoms with Gasteiger partial charge in [0, 0.05) is 22.9 Å². The predicted molar refractivity (Wildman–Crippen MR) is 124 cm³/mol. The minimum Gasteiger partial charge on any atom is -0.281 e. The van der Waals surface area contributed by atoms with Crippen molar-refractivity contribution in [1.29, 1.82) is 0 Å². The van der Waals surface area contributed by atoms with Crippen LogP contribution in [0.2, 0.25) is 0 Å². The highest BCUT2D eigenvalue weighted by Crippen LogP contribution is 2.43. The SMILES string of the molecule is CS(=O)(=O)c1ccc(-c2nc(C(F)(F)F)nc(-c3ccsc3S(=O)(=O)O)c2-c2ccccc2)cc1. The fourth-order valence-corrected chi connectivity index (χ4v) is 5.75. The molecule has 2 heterocycles. The molecule has 182 valence electrons. The molecule has 0 aliphatic heterocycles. The molecule has 2 aromatic heterocycles. The van der Waals surface area contributed by atoms with E-state index in [1.165, 1.54) is 35.7 Å². The van der Waals surface area contributed by atoms with Crippen molar-refractivity contribution >= 4 is 31.3 Å². The molecule has 35 heavy (non-hydrogen) atoms. The Morgan fingerprint density at radius 3 is 1.97 bits per heavy atom. The van der Waals surface area contributed by atoms with Crippen LogP contribution in [0.25, 0.3) is 33.6 Å². The van der Waals surface area contributed by atoms with Crippen molar-refractivity contribution in [2.75, 3.05) is 6.26 Å². The number of benzene rings is 2. The second-order valence-corrected chi connectivity index (χ2v) is 11.9. The van der Waals surface area contributed by atoms with E-state index in [1.54, 1.807) is 30.3 Å². The summed E-state index contributed by atoms with van der Waals surface area (Å²) in [4.78, 5) is 7.39. The van der Waals surface area contributed by atoms with E-state index >= 15 is 0 Å². The van der Waals surface area contributed by atoms with E-state index < -0.39 is 36.2 Å². The fraction of sp³-hybridized carbons (Fsp3) is 0.0909. The Morgan fingerprint density at radius 2 is 1.43 bits per heavy atom. The maximum atomic E-state index is 13.8. The highest BCUT2D eigenvalue weighted by atomic mass is 32.3. The van der Waals surface area contributed by atoms with E-state index in [-0.39, 0.29) is 33.0 Å². The zero-order chi connectivity index (χ0) is 25.6. The molecule has 0 atom stereocenters. The number of halogens is 3. The van der Waals surface area contributed by atoms with Gasteiger partial charge in [-0.1, -0.05) is 42.5 Å². The van der Waals surface area contributed by atoms with Crippen LogP contribution in [-0.2, 0) is 26.1 Å². The molecule has 7 nitrogen and oxygen atoms in total. The van der Waals surface area contributed by atoms with E-state index in [0.29, 0.717) is 16.9 Å². The molecule has 1 N–H and O–H groups in total. The number of thiophene rings is 1. The van der Waals surface area contributed by atoms with Gasteiger partial charge >= 0.3 is 16.3 Å². The molecule has 0 aliphatic carbocycles. The van der Waals surface area contributed by atoms with Crippen molar-refractivity contribution in [3.8, 4) is 33.6 Å². The first-order valence-corrected chi connectivity index (χ1v) is 13.9. The summed E-state index contributed by atoms with van der Waals surface area (Å²) in [6, 6.07) is 14.5. The van der Waals surface area contributed by atoms with E-state index in [9.17, 15) is 34.6 Å². The summed E-state index contributed by atoms with van der Waals surface area (Å²) in [6.45, 7) is 0. The second kappa shape index (κ2) is 8.82. The van der Waals surface area contributed by atoms with E-state index in [2.05, 4.69) is 9.97 Å². The van der Waals surface area contributed by atoms with Crippen molar-refractivity contribution in [3.05, 3.63) is 71.9 Å². The lowest BCUT2D eigenvalue weighted by atomic mass is 9.95. The predicted octanol–water partition coefficient (Wildman–Crippen LogP) is 5.21. The Hall–Kier alpha value is -3.13. The Bertz CT molecular complexity index is 1620. The van der Waals surface area contributed by atoms with Gasteiger partial charge in [-0.3, -0.25) is 4.55 Å². The molecule has 0 saturated heterocycles. The Balaban J connectivity index is 2.13. The van der Waals surface area contributed by atoms with Gasteiger partial charge in [-0.25, -0.2) is 18.4 Å².